The van der Waals surface area contributed by atoms with Crippen LogP contribution in [0.1, 0.15) is 5.82 Å². The number of nitrogens with zero attached hydrogens (tertiary/aromatic N) is 1. The number of nitrogens with two attached hydrogens (primary N) is 1. The summed E-state index contributed by atoms with van der Waals surface area (Å²) in [5.74, 6) is 0.416. The van der Waals surface area contributed by atoms with Crippen molar-refractivity contribution in [1.82, 2.24) is 9.97 Å². The molecule has 0 spiro atoms. The van der Waals surface area contributed by atoms with E-state index < -0.39 is 10.3 Å². The van der Waals surface area contributed by atoms with Crippen LogP contribution in [0.15, 0.2) is 12.4 Å². The van der Waals surface area contributed by atoms with E-state index in [1.54, 1.807) is 6.20 Å². The van der Waals surface area contributed by atoms with Gasteiger partial charge in [-0.3, -0.25) is 4.18 Å². The van der Waals surface area contributed by atoms with E-state index in [1.807, 2.05) is 0 Å². The van der Waals surface area contributed by atoms with E-state index in [-0.39, 0.29) is 6.61 Å². The quantitative estimate of drug-likeness (QED) is 0.627. The van der Waals surface area contributed by atoms with E-state index in [1.165, 1.54) is 6.20 Å². The topological polar surface area (TPSA) is 98.1 Å². The van der Waals surface area contributed by atoms with Gasteiger partial charge in [-0.2, -0.15) is 8.42 Å². The van der Waals surface area contributed by atoms with E-state index in [0.29, 0.717) is 5.82 Å². The molecule has 0 aliphatic rings. The Labute approximate surface area is 63.6 Å². The zero-order chi connectivity index (χ0) is 8.32. The smallest absolute Gasteiger partial charge is 0.333 e. The molecule has 0 aliphatic heterocycles. The Morgan fingerprint density at radius 2 is 2.45 bits per heavy atom. The highest BCUT2D eigenvalue weighted by Gasteiger charge is 2.03. The number of rotatable bonds is 3. The van der Waals surface area contributed by atoms with Gasteiger partial charge in [0.25, 0.3) is 0 Å². The van der Waals surface area contributed by atoms with Crippen LogP contribution >= 0.6 is 0 Å². The van der Waals surface area contributed by atoms with Gasteiger partial charge in [-0.05, 0) is 0 Å². The molecule has 0 unspecified atom stereocenters. The van der Waals surface area contributed by atoms with Crippen molar-refractivity contribution in [3.05, 3.63) is 18.2 Å². The van der Waals surface area contributed by atoms with Gasteiger partial charge in [0.05, 0.1) is 0 Å². The molecule has 0 aliphatic carbocycles. The molecule has 1 aromatic heterocycles. The zero-order valence-electron chi connectivity index (χ0n) is 5.52. The molecule has 0 atom stereocenters. The van der Waals surface area contributed by atoms with E-state index in [9.17, 15) is 8.42 Å². The first-order valence-electron chi connectivity index (χ1n) is 2.73. The van der Waals surface area contributed by atoms with Crippen molar-refractivity contribution in [2.75, 3.05) is 0 Å². The molecule has 6 nitrogen and oxygen atoms in total. The van der Waals surface area contributed by atoms with Crippen LogP contribution in [0.2, 0.25) is 0 Å². The molecule has 0 saturated carbocycles. The molecular formula is C4H7N3O3S. The van der Waals surface area contributed by atoms with E-state index >= 15 is 0 Å². The van der Waals surface area contributed by atoms with E-state index in [0.717, 1.165) is 0 Å². The molecule has 7 heteroatoms. The predicted molar refractivity (Wildman–Crippen MR) is 36.5 cm³/mol. The lowest BCUT2D eigenvalue weighted by Gasteiger charge is -1.95. The number of aromatic amines is 1. The van der Waals surface area contributed by atoms with Crippen molar-refractivity contribution in [3.63, 3.8) is 0 Å². The van der Waals surface area contributed by atoms with E-state index in [4.69, 9.17) is 0 Å². The summed E-state index contributed by atoms with van der Waals surface area (Å²) in [6, 6.07) is 0. The molecule has 0 amide bonds. The SMILES string of the molecule is NS(=O)(=O)OCc1ncc[nH]1. The highest BCUT2D eigenvalue weighted by atomic mass is 32.2. The van der Waals surface area contributed by atoms with Crippen molar-refractivity contribution in [1.29, 1.82) is 0 Å². The molecular weight excluding hydrogens is 170 g/mol. The summed E-state index contributed by atoms with van der Waals surface area (Å²) in [4.78, 5) is 6.37. The summed E-state index contributed by atoms with van der Waals surface area (Å²) in [5, 5.41) is 4.56. The van der Waals surface area contributed by atoms with Gasteiger partial charge < -0.3 is 4.98 Å². The van der Waals surface area contributed by atoms with Gasteiger partial charge in [0, 0.05) is 12.4 Å². The van der Waals surface area contributed by atoms with Gasteiger partial charge in [0.15, 0.2) is 0 Å². The molecule has 0 saturated heterocycles. The minimum Gasteiger partial charge on any atom is -0.347 e. The first-order chi connectivity index (χ1) is 5.08. The van der Waals surface area contributed by atoms with Crippen LogP contribution in [0.25, 0.3) is 0 Å². The maximum atomic E-state index is 10.2. The summed E-state index contributed by atoms with van der Waals surface area (Å²) < 4.78 is 24.7. The van der Waals surface area contributed by atoms with Crippen LogP contribution in [-0.2, 0) is 21.1 Å². The first kappa shape index (κ1) is 8.18. The van der Waals surface area contributed by atoms with Gasteiger partial charge in [0.1, 0.15) is 12.4 Å². The minimum absolute atomic E-state index is 0.161. The normalized spacial score (nSPS) is 11.7. The zero-order valence-corrected chi connectivity index (χ0v) is 6.34. The highest BCUT2D eigenvalue weighted by molar-refractivity contribution is 7.84. The molecule has 1 aromatic rings. The summed E-state index contributed by atoms with van der Waals surface area (Å²) in [7, 11) is -3.86. The van der Waals surface area contributed by atoms with E-state index in [2.05, 4.69) is 19.3 Å². The van der Waals surface area contributed by atoms with Crippen molar-refractivity contribution < 1.29 is 12.6 Å². The molecule has 0 bridgehead atoms. The third-order valence-corrected chi connectivity index (χ3v) is 1.36. The number of nitrogens with one attached hydrogen (secondary N) is 1. The van der Waals surface area contributed by atoms with Crippen LogP contribution in [0.3, 0.4) is 0 Å². The van der Waals surface area contributed by atoms with Crippen molar-refractivity contribution >= 4 is 10.3 Å². The molecule has 11 heavy (non-hydrogen) atoms. The van der Waals surface area contributed by atoms with Crippen LogP contribution in [0, 0.1) is 0 Å². The lowest BCUT2D eigenvalue weighted by Crippen LogP contribution is -2.15. The van der Waals surface area contributed by atoms with Crippen molar-refractivity contribution in [3.8, 4) is 0 Å². The molecule has 0 aromatic carbocycles. The van der Waals surface area contributed by atoms with Gasteiger partial charge in [-0.25, -0.2) is 10.1 Å². The monoisotopic (exact) mass is 177 g/mol. The lowest BCUT2D eigenvalue weighted by atomic mass is 10.7. The molecule has 1 rings (SSSR count). The second-order valence-corrected chi connectivity index (χ2v) is 3.01. The van der Waals surface area contributed by atoms with Crippen LogP contribution in [0.5, 0.6) is 0 Å². The average Bonchev–Trinajstić information content (AvgIpc) is 2.32. The number of H-pyrrole nitrogens is 1. The molecule has 0 fully saturated rings. The Kier molecular flexibility index (Phi) is 2.22. The molecule has 1 heterocycles. The Hall–Kier alpha value is -0.920. The third kappa shape index (κ3) is 3.12. The number of hydrogen-bond donors (Lipinski definition) is 2. The number of imidazole rings is 1. The van der Waals surface area contributed by atoms with Crippen LogP contribution < -0.4 is 5.14 Å². The average molecular weight is 177 g/mol. The fraction of sp³-hybridized carbons (Fsp3) is 0.250. The van der Waals surface area contributed by atoms with Gasteiger partial charge >= 0.3 is 10.3 Å². The molecule has 3 N–H and O–H groups in total. The van der Waals surface area contributed by atoms with Crippen LogP contribution in [-0.4, -0.2) is 18.4 Å². The maximum absolute atomic E-state index is 10.2. The maximum Gasteiger partial charge on any atom is 0.333 e. The number of hydrogen-bond acceptors (Lipinski definition) is 4. The minimum atomic E-state index is -3.86. The molecule has 62 valence electrons. The van der Waals surface area contributed by atoms with Gasteiger partial charge in [-0.15, -0.1) is 0 Å². The van der Waals surface area contributed by atoms with Crippen LogP contribution in [0.4, 0.5) is 0 Å². The predicted octanol–water partition coefficient (Wildman–Crippen LogP) is -0.870. The lowest BCUT2D eigenvalue weighted by molar-refractivity contribution is 0.300. The van der Waals surface area contributed by atoms with Crippen molar-refractivity contribution in [2.24, 2.45) is 5.14 Å². The number of aromatic nitrogens is 2. The van der Waals surface area contributed by atoms with Gasteiger partial charge in [0.2, 0.25) is 0 Å². The Bertz CT molecular complexity index is 303. The Morgan fingerprint density at radius 3 is 2.91 bits per heavy atom. The van der Waals surface area contributed by atoms with Gasteiger partial charge in [-0.1, -0.05) is 0 Å². The largest absolute Gasteiger partial charge is 0.347 e. The Morgan fingerprint density at radius 1 is 1.73 bits per heavy atom. The summed E-state index contributed by atoms with van der Waals surface area (Å²) in [6.45, 7) is -0.161. The second kappa shape index (κ2) is 2.99. The Balaban J connectivity index is 2.48. The highest BCUT2D eigenvalue weighted by Crippen LogP contribution is 1.93. The fourth-order valence-electron chi connectivity index (χ4n) is 0.515. The summed E-state index contributed by atoms with van der Waals surface area (Å²) >= 11 is 0. The fourth-order valence-corrected chi connectivity index (χ4v) is 0.791. The molecule has 0 radical (unpaired) electrons. The summed E-state index contributed by atoms with van der Waals surface area (Å²) in [6.07, 6.45) is 3.05. The second-order valence-electron chi connectivity index (χ2n) is 1.79. The standard InChI is InChI=1S/C4H7N3O3S/c5-11(8,9)10-3-4-6-1-2-7-4/h1-2H,3H2,(H,6,7)(H2,5,8,9). The summed E-state index contributed by atoms with van der Waals surface area (Å²) in [5.41, 5.74) is 0. The third-order valence-electron chi connectivity index (χ3n) is 0.915. The first-order valence-corrected chi connectivity index (χ1v) is 4.20. The van der Waals surface area contributed by atoms with Crippen molar-refractivity contribution in [2.45, 2.75) is 6.61 Å².